The predicted molar refractivity (Wildman–Crippen MR) is 132 cm³/mol. The molecule has 6 nitrogen and oxygen atoms in total. The first-order valence-electron chi connectivity index (χ1n) is 10.5. The molecule has 0 bridgehead atoms. The average molecular weight is 478 g/mol. The number of carbonyl (C=O) groups is 1. The van der Waals surface area contributed by atoms with Crippen molar-refractivity contribution in [1.82, 2.24) is 9.97 Å². The first kappa shape index (κ1) is 21.4. The largest absolute Gasteiger partial charge is 0.490 e. The van der Waals surface area contributed by atoms with E-state index >= 15 is 0 Å². The number of rotatable bonds is 6. The molecule has 8 heteroatoms. The first-order valence-corrected chi connectivity index (χ1v) is 11.7. The molecule has 0 aliphatic rings. The lowest BCUT2D eigenvalue weighted by Crippen LogP contribution is -2.30. The van der Waals surface area contributed by atoms with Crippen molar-refractivity contribution in [3.05, 3.63) is 82.8 Å². The highest BCUT2D eigenvalue weighted by Crippen LogP contribution is 2.36. The number of pyridine rings is 1. The molecule has 0 unspecified atom stereocenters. The van der Waals surface area contributed by atoms with Crippen molar-refractivity contribution < 1.29 is 13.9 Å². The van der Waals surface area contributed by atoms with E-state index in [1.165, 1.54) is 11.3 Å². The zero-order valence-corrected chi connectivity index (χ0v) is 19.6. The Morgan fingerprint density at radius 2 is 2.06 bits per heavy atom. The van der Waals surface area contributed by atoms with Crippen molar-refractivity contribution in [2.45, 2.75) is 20.4 Å². The van der Waals surface area contributed by atoms with Gasteiger partial charge in [0.25, 0.3) is 5.91 Å². The van der Waals surface area contributed by atoms with E-state index in [1.54, 1.807) is 17.2 Å². The lowest BCUT2D eigenvalue weighted by atomic mass is 10.2. The number of fused-ring (bicyclic) bond motifs is 2. The lowest BCUT2D eigenvalue weighted by molar-refractivity contribution is 0.0960. The molecule has 33 heavy (non-hydrogen) atoms. The molecular weight excluding hydrogens is 458 g/mol. The van der Waals surface area contributed by atoms with Crippen molar-refractivity contribution in [1.29, 1.82) is 0 Å². The maximum Gasteiger partial charge on any atom is 0.296 e. The summed E-state index contributed by atoms with van der Waals surface area (Å²) >= 11 is 7.73. The second kappa shape index (κ2) is 8.84. The molecule has 0 aliphatic carbocycles. The topological polar surface area (TPSA) is 68.5 Å². The molecule has 0 N–H and O–H groups in total. The molecule has 5 rings (SSSR count). The Bertz CT molecular complexity index is 1460. The van der Waals surface area contributed by atoms with E-state index in [0.29, 0.717) is 28.1 Å². The van der Waals surface area contributed by atoms with Gasteiger partial charge >= 0.3 is 0 Å². The number of carbonyl (C=O) groups excluding carboxylic acids is 1. The van der Waals surface area contributed by atoms with E-state index in [2.05, 4.69) is 4.98 Å². The van der Waals surface area contributed by atoms with Crippen LogP contribution >= 0.6 is 22.9 Å². The molecule has 5 aromatic rings. The first-order chi connectivity index (χ1) is 16.0. The minimum atomic E-state index is -0.304. The quantitative estimate of drug-likeness (QED) is 0.274. The Kier molecular flexibility index (Phi) is 5.74. The number of aromatic nitrogens is 2. The highest BCUT2D eigenvalue weighted by molar-refractivity contribution is 7.22. The molecule has 0 fully saturated rings. The van der Waals surface area contributed by atoms with E-state index in [1.807, 2.05) is 62.4 Å². The highest BCUT2D eigenvalue weighted by Gasteiger charge is 2.26. The number of hydrogen-bond acceptors (Lipinski definition) is 6. The zero-order chi connectivity index (χ0) is 22.9. The molecule has 0 saturated heterocycles. The zero-order valence-electron chi connectivity index (χ0n) is 18.0. The van der Waals surface area contributed by atoms with Gasteiger partial charge in [0.2, 0.25) is 0 Å². The predicted octanol–water partition coefficient (Wildman–Crippen LogP) is 6.65. The van der Waals surface area contributed by atoms with E-state index in [4.69, 9.17) is 25.7 Å². The fraction of sp³-hybridized carbons (Fsp3) is 0.160. The number of ether oxygens (including phenoxy) is 1. The molecule has 166 valence electrons. The van der Waals surface area contributed by atoms with Crippen LogP contribution in [-0.2, 0) is 6.54 Å². The molecular formula is C25H20ClN3O3S. The number of nitrogens with zero attached hydrogens (tertiary/aromatic N) is 3. The third kappa shape index (κ3) is 4.05. The SMILES string of the molecule is CCOc1cccc2cc(C(=O)N(Cc3ccccn3)c3nc4c(C)c(Cl)ccc4s3)oc12. The number of halogens is 1. The number of benzene rings is 2. The van der Waals surface area contributed by atoms with Crippen molar-refractivity contribution >= 4 is 55.2 Å². The van der Waals surface area contributed by atoms with Gasteiger partial charge in [-0.15, -0.1) is 0 Å². The Hall–Kier alpha value is -3.42. The molecule has 3 aromatic heterocycles. The molecule has 2 aromatic carbocycles. The number of furan rings is 1. The highest BCUT2D eigenvalue weighted by atomic mass is 35.5. The van der Waals surface area contributed by atoms with E-state index in [0.717, 1.165) is 26.9 Å². The summed E-state index contributed by atoms with van der Waals surface area (Å²) in [6, 6.07) is 16.7. The van der Waals surface area contributed by atoms with Crippen LogP contribution in [0.5, 0.6) is 5.75 Å². The Balaban J connectivity index is 1.60. The normalized spacial score (nSPS) is 11.2. The van der Waals surface area contributed by atoms with Gasteiger partial charge < -0.3 is 9.15 Å². The second-order valence-corrected chi connectivity index (χ2v) is 8.86. The van der Waals surface area contributed by atoms with Crippen LogP contribution in [0.3, 0.4) is 0 Å². The number of hydrogen-bond donors (Lipinski definition) is 0. The van der Waals surface area contributed by atoms with Crippen LogP contribution in [0.15, 0.2) is 65.2 Å². The fourth-order valence-electron chi connectivity index (χ4n) is 3.63. The molecule has 0 atom stereocenters. The summed E-state index contributed by atoms with van der Waals surface area (Å²) in [7, 11) is 0. The molecule has 1 amide bonds. The third-order valence-corrected chi connectivity index (χ3v) is 6.73. The second-order valence-electron chi connectivity index (χ2n) is 7.45. The monoisotopic (exact) mass is 477 g/mol. The summed E-state index contributed by atoms with van der Waals surface area (Å²) in [5.74, 6) is 0.514. The van der Waals surface area contributed by atoms with Crippen LogP contribution in [0.1, 0.15) is 28.7 Å². The van der Waals surface area contributed by atoms with Gasteiger partial charge in [-0.25, -0.2) is 4.98 Å². The molecule has 0 saturated carbocycles. The van der Waals surface area contributed by atoms with Crippen molar-refractivity contribution in [3.63, 3.8) is 0 Å². The smallest absolute Gasteiger partial charge is 0.296 e. The third-order valence-electron chi connectivity index (χ3n) is 5.28. The number of anilines is 1. The van der Waals surface area contributed by atoms with Gasteiger partial charge in [-0.3, -0.25) is 14.7 Å². The minimum Gasteiger partial charge on any atom is -0.490 e. The van der Waals surface area contributed by atoms with Crippen LogP contribution in [-0.4, -0.2) is 22.5 Å². The number of amides is 1. The maximum atomic E-state index is 13.7. The van der Waals surface area contributed by atoms with Gasteiger partial charge in [-0.2, -0.15) is 0 Å². The Morgan fingerprint density at radius 3 is 2.85 bits per heavy atom. The summed E-state index contributed by atoms with van der Waals surface area (Å²) in [4.78, 5) is 24.5. The van der Waals surface area contributed by atoms with Crippen LogP contribution < -0.4 is 9.64 Å². The standard InChI is InChI=1S/C25H20ClN3O3S/c1-3-31-19-9-6-7-16-13-20(32-23(16)19)24(30)29(14-17-8-4-5-12-27-17)25-28-22-15(2)18(26)10-11-21(22)33-25/h4-13H,3,14H2,1-2H3. The Labute approximate surface area is 199 Å². The van der Waals surface area contributed by atoms with Gasteiger partial charge in [0.15, 0.2) is 22.2 Å². The van der Waals surface area contributed by atoms with Crippen molar-refractivity contribution in [2.24, 2.45) is 0 Å². The summed E-state index contributed by atoms with van der Waals surface area (Å²) in [6.45, 7) is 4.58. The Morgan fingerprint density at radius 1 is 1.18 bits per heavy atom. The van der Waals surface area contributed by atoms with E-state index < -0.39 is 0 Å². The fourth-order valence-corrected chi connectivity index (χ4v) is 4.80. The van der Waals surface area contributed by atoms with Crippen LogP contribution in [0, 0.1) is 6.92 Å². The summed E-state index contributed by atoms with van der Waals surface area (Å²) in [5, 5.41) is 1.99. The molecule has 0 spiro atoms. The van der Waals surface area contributed by atoms with Gasteiger partial charge in [0.1, 0.15) is 0 Å². The number of para-hydroxylation sites is 1. The van der Waals surface area contributed by atoms with Gasteiger partial charge in [0, 0.05) is 16.6 Å². The maximum absolute atomic E-state index is 13.7. The van der Waals surface area contributed by atoms with Crippen molar-refractivity contribution in [3.8, 4) is 5.75 Å². The van der Waals surface area contributed by atoms with E-state index in [-0.39, 0.29) is 18.2 Å². The molecule has 0 radical (unpaired) electrons. The van der Waals surface area contributed by atoms with Gasteiger partial charge in [-0.1, -0.05) is 41.1 Å². The number of thiazole rings is 1. The molecule has 0 aliphatic heterocycles. The average Bonchev–Trinajstić information content (AvgIpc) is 3.46. The molecule has 3 heterocycles. The lowest BCUT2D eigenvalue weighted by Gasteiger charge is -2.18. The van der Waals surface area contributed by atoms with E-state index in [9.17, 15) is 4.79 Å². The van der Waals surface area contributed by atoms with Gasteiger partial charge in [0.05, 0.1) is 29.1 Å². The summed E-state index contributed by atoms with van der Waals surface area (Å²) in [5.41, 5.74) is 2.95. The van der Waals surface area contributed by atoms with Crippen molar-refractivity contribution in [2.75, 3.05) is 11.5 Å². The van der Waals surface area contributed by atoms with Crippen LogP contribution in [0.25, 0.3) is 21.2 Å². The summed E-state index contributed by atoms with van der Waals surface area (Å²) < 4.78 is 12.6. The van der Waals surface area contributed by atoms with Crippen LogP contribution in [0.2, 0.25) is 5.02 Å². The number of aryl methyl sites for hydroxylation is 1. The summed E-state index contributed by atoms with van der Waals surface area (Å²) in [6.07, 6.45) is 1.70. The van der Waals surface area contributed by atoms with Crippen LogP contribution in [0.4, 0.5) is 5.13 Å². The van der Waals surface area contributed by atoms with Gasteiger partial charge in [-0.05, 0) is 55.8 Å². The minimum absolute atomic E-state index is 0.210.